The normalized spacial score (nSPS) is 14.7. The minimum atomic E-state index is -1.12. The summed E-state index contributed by atoms with van der Waals surface area (Å²) >= 11 is 0. The lowest BCUT2D eigenvalue weighted by molar-refractivity contribution is -0.140. The van der Waals surface area contributed by atoms with Crippen molar-refractivity contribution in [3.63, 3.8) is 0 Å². The molecule has 4 rings (SSSR count). The number of imidazole rings is 1. The van der Waals surface area contributed by atoms with E-state index in [9.17, 15) is 19.2 Å². The van der Waals surface area contributed by atoms with E-state index in [4.69, 9.17) is 10.5 Å². The molecular weight excluding hydrogens is 554 g/mol. The number of aryl methyl sites for hydroxylation is 1. The summed E-state index contributed by atoms with van der Waals surface area (Å²) in [5, 5.41) is 8.22. The number of fused-ring (bicyclic) bond motifs is 1. The summed E-state index contributed by atoms with van der Waals surface area (Å²) in [6.07, 6.45) is 3.93. The van der Waals surface area contributed by atoms with Gasteiger partial charge in [0, 0.05) is 32.6 Å². The van der Waals surface area contributed by atoms with Gasteiger partial charge in [-0.15, -0.1) is 0 Å². The van der Waals surface area contributed by atoms with Gasteiger partial charge >= 0.3 is 6.03 Å². The summed E-state index contributed by atoms with van der Waals surface area (Å²) < 4.78 is 7.10. The summed E-state index contributed by atoms with van der Waals surface area (Å²) in [6, 6.07) is 6.75. The molecule has 1 aromatic carbocycles. The van der Waals surface area contributed by atoms with E-state index in [0.29, 0.717) is 56.9 Å². The lowest BCUT2D eigenvalue weighted by Crippen LogP contribution is -2.57. The molecule has 0 radical (unpaired) electrons. The number of nitrogens with zero attached hydrogens (tertiary/aromatic N) is 5. The van der Waals surface area contributed by atoms with E-state index in [1.54, 1.807) is 15.8 Å². The molecule has 1 aliphatic heterocycles. The molecule has 2 aromatic heterocycles. The van der Waals surface area contributed by atoms with Crippen LogP contribution in [0.3, 0.4) is 0 Å². The lowest BCUT2D eigenvalue weighted by atomic mass is 9.99. The molecule has 0 bridgehead atoms. The Morgan fingerprint density at radius 2 is 1.74 bits per heavy atom. The van der Waals surface area contributed by atoms with Crippen LogP contribution in [0.2, 0.25) is 0 Å². The lowest BCUT2D eigenvalue weighted by Gasteiger charge is -2.30. The maximum atomic E-state index is 13.5. The van der Waals surface area contributed by atoms with Crippen molar-refractivity contribution in [2.75, 3.05) is 38.6 Å². The number of hydrogen-bond donors (Lipinski definition) is 4. The third-order valence-electron chi connectivity index (χ3n) is 7.05. The second-order valence-corrected chi connectivity index (χ2v) is 10.8. The first-order chi connectivity index (χ1) is 20.7. The zero-order valence-electron chi connectivity index (χ0n) is 24.5. The number of ketones is 1. The number of anilines is 1. The van der Waals surface area contributed by atoms with E-state index >= 15 is 0 Å². The van der Waals surface area contributed by atoms with Crippen molar-refractivity contribution in [2.24, 2.45) is 5.92 Å². The molecule has 43 heavy (non-hydrogen) atoms. The van der Waals surface area contributed by atoms with Gasteiger partial charge in [0.25, 0.3) is 5.91 Å². The number of hydrogen-bond acceptors (Lipinski definition) is 9. The zero-order valence-corrected chi connectivity index (χ0v) is 24.5. The van der Waals surface area contributed by atoms with Crippen molar-refractivity contribution in [1.82, 2.24) is 40.4 Å². The Kier molecular flexibility index (Phi) is 11.0. The predicted molar refractivity (Wildman–Crippen MR) is 159 cm³/mol. The third kappa shape index (κ3) is 8.70. The molecule has 3 heterocycles. The van der Waals surface area contributed by atoms with Crippen LogP contribution in [0.1, 0.15) is 32.3 Å². The third-order valence-corrected chi connectivity index (χ3v) is 7.05. The second-order valence-electron chi connectivity index (χ2n) is 10.8. The zero-order chi connectivity index (χ0) is 30.8. The van der Waals surface area contributed by atoms with Crippen LogP contribution in [-0.4, -0.2) is 93.0 Å². The van der Waals surface area contributed by atoms with Gasteiger partial charge in [-0.1, -0.05) is 44.2 Å². The summed E-state index contributed by atoms with van der Waals surface area (Å²) in [5.41, 5.74) is 7.69. The van der Waals surface area contributed by atoms with Crippen LogP contribution in [-0.2, 0) is 32.1 Å². The van der Waals surface area contributed by atoms with Gasteiger partial charge in [0.15, 0.2) is 11.5 Å². The van der Waals surface area contributed by atoms with Gasteiger partial charge in [0.1, 0.15) is 23.9 Å². The highest BCUT2D eigenvalue weighted by Crippen LogP contribution is 2.14. The Bertz CT molecular complexity index is 1410. The fourth-order valence-corrected chi connectivity index (χ4v) is 4.80. The molecule has 1 aliphatic rings. The van der Waals surface area contributed by atoms with Crippen LogP contribution in [0.15, 0.2) is 43.0 Å². The van der Waals surface area contributed by atoms with Crippen LogP contribution < -0.4 is 21.7 Å². The molecule has 2 atom stereocenters. The Balaban J connectivity index is 1.38. The fourth-order valence-electron chi connectivity index (χ4n) is 4.80. The molecule has 230 valence electrons. The minimum absolute atomic E-state index is 0.0860. The van der Waals surface area contributed by atoms with Gasteiger partial charge in [-0.05, 0) is 24.3 Å². The predicted octanol–water partition coefficient (Wildman–Crippen LogP) is 0.668. The van der Waals surface area contributed by atoms with Crippen LogP contribution >= 0.6 is 0 Å². The highest BCUT2D eigenvalue weighted by Gasteiger charge is 2.31. The number of morpholine rings is 1. The summed E-state index contributed by atoms with van der Waals surface area (Å²) in [5.74, 6) is -1.73. The monoisotopic (exact) mass is 593 g/mol. The first kappa shape index (κ1) is 31.3. The number of amides is 4. The van der Waals surface area contributed by atoms with Crippen molar-refractivity contribution in [1.29, 1.82) is 0 Å². The summed E-state index contributed by atoms with van der Waals surface area (Å²) in [4.78, 5) is 66.6. The Hall–Kier alpha value is -4.59. The fraction of sp³-hybridized carbons (Fsp3) is 0.483. The molecule has 14 heteroatoms. The average molecular weight is 594 g/mol. The number of urea groups is 1. The molecule has 0 saturated carbocycles. The summed E-state index contributed by atoms with van der Waals surface area (Å²) in [7, 11) is 0. The number of rotatable bonds is 13. The number of nitrogens with one attached hydrogen (secondary N) is 3. The molecule has 0 unspecified atom stereocenters. The van der Waals surface area contributed by atoms with Gasteiger partial charge in [0.2, 0.25) is 11.7 Å². The topological polar surface area (TPSA) is 186 Å². The van der Waals surface area contributed by atoms with E-state index in [0.717, 1.165) is 5.56 Å². The van der Waals surface area contributed by atoms with Crippen molar-refractivity contribution >= 4 is 40.6 Å². The molecule has 4 amide bonds. The standard InChI is InChI=1S/C29H39N9O5/c1-19(2)15-22(36-29(42)37-11-13-43-14-12-37)27(40)35-21(16-20-7-4-3-5-8-20)24(39)28(41)31-9-6-10-38-18-34-23-25(30)32-17-33-26(23)38/h3-5,7-8,17-19,21-22H,6,9-16H2,1-2H3,(H,31,41)(H,35,40)(H,36,42)(H2,30,32,33)/t21-,22-/m0/s1. The number of benzene rings is 1. The first-order valence-corrected chi connectivity index (χ1v) is 14.4. The van der Waals surface area contributed by atoms with Gasteiger partial charge in [0.05, 0.1) is 19.5 Å². The molecule has 0 aliphatic carbocycles. The van der Waals surface area contributed by atoms with Crippen molar-refractivity contribution < 1.29 is 23.9 Å². The van der Waals surface area contributed by atoms with E-state index in [2.05, 4.69) is 30.9 Å². The number of carbonyl (C=O) groups is 4. The first-order valence-electron chi connectivity index (χ1n) is 14.4. The van der Waals surface area contributed by atoms with Gasteiger partial charge in [-0.25, -0.2) is 19.7 Å². The van der Waals surface area contributed by atoms with Crippen molar-refractivity contribution in [3.8, 4) is 0 Å². The van der Waals surface area contributed by atoms with Crippen molar-refractivity contribution in [2.45, 2.75) is 51.7 Å². The number of carbonyl (C=O) groups excluding carboxylic acids is 4. The highest BCUT2D eigenvalue weighted by molar-refractivity contribution is 6.38. The van der Waals surface area contributed by atoms with Gasteiger partial charge < -0.3 is 35.9 Å². The van der Waals surface area contributed by atoms with E-state index in [-0.39, 0.29) is 30.7 Å². The molecule has 5 N–H and O–H groups in total. The maximum Gasteiger partial charge on any atom is 0.318 e. The Labute approximate surface area is 249 Å². The van der Waals surface area contributed by atoms with Crippen LogP contribution in [0.4, 0.5) is 10.6 Å². The number of nitrogen functional groups attached to an aromatic ring is 1. The number of ether oxygens (including phenoxy) is 1. The molecular formula is C29H39N9O5. The Morgan fingerprint density at radius 3 is 2.47 bits per heavy atom. The maximum absolute atomic E-state index is 13.5. The van der Waals surface area contributed by atoms with Gasteiger partial charge in [-0.2, -0.15) is 0 Å². The highest BCUT2D eigenvalue weighted by atomic mass is 16.5. The van der Waals surface area contributed by atoms with E-state index < -0.39 is 29.7 Å². The number of aromatic nitrogens is 4. The van der Waals surface area contributed by atoms with Crippen LogP contribution in [0.25, 0.3) is 11.2 Å². The quantitative estimate of drug-likeness (QED) is 0.163. The average Bonchev–Trinajstić information content (AvgIpc) is 3.43. The molecule has 1 fully saturated rings. The SMILES string of the molecule is CC(C)C[C@H](NC(=O)N1CCOCC1)C(=O)N[C@@H](Cc1ccccc1)C(=O)C(=O)NCCCn1cnc2c(N)ncnc21. The molecule has 1 saturated heterocycles. The number of nitrogens with two attached hydrogens (primary N) is 1. The van der Waals surface area contributed by atoms with Gasteiger partial charge in [-0.3, -0.25) is 14.4 Å². The Morgan fingerprint density at radius 1 is 1.00 bits per heavy atom. The molecule has 0 spiro atoms. The van der Waals surface area contributed by atoms with E-state index in [1.807, 2.05) is 44.2 Å². The largest absolute Gasteiger partial charge is 0.382 e. The molecule has 3 aromatic rings. The minimum Gasteiger partial charge on any atom is -0.382 e. The van der Waals surface area contributed by atoms with E-state index in [1.165, 1.54) is 6.33 Å². The van der Waals surface area contributed by atoms with Crippen LogP contribution in [0.5, 0.6) is 0 Å². The van der Waals surface area contributed by atoms with Crippen LogP contribution in [0, 0.1) is 5.92 Å². The smallest absolute Gasteiger partial charge is 0.318 e. The number of Topliss-reactive ketones (excluding diaryl/α,β-unsaturated/α-hetero) is 1. The summed E-state index contributed by atoms with van der Waals surface area (Å²) in [6.45, 7) is 6.28. The van der Waals surface area contributed by atoms with Crippen molar-refractivity contribution in [3.05, 3.63) is 48.5 Å². The second kappa shape index (κ2) is 15.0. The molecule has 14 nitrogen and oxygen atoms in total.